The monoisotopic (exact) mass is 287 g/mol. The Kier molecular flexibility index (Phi) is 7.48. The predicted octanol–water partition coefficient (Wildman–Crippen LogP) is 1.89. The first-order valence-electron chi connectivity index (χ1n) is 7.53. The van der Waals surface area contributed by atoms with Crippen LogP contribution in [0, 0.1) is 0 Å². The Bertz CT molecular complexity index is 290. The molecule has 0 aliphatic carbocycles. The van der Waals surface area contributed by atoms with Crippen molar-refractivity contribution in [2.45, 2.75) is 64.1 Å². The molecule has 0 radical (unpaired) electrons. The van der Waals surface area contributed by atoms with Crippen molar-refractivity contribution in [1.82, 2.24) is 5.32 Å². The molecule has 0 bridgehead atoms. The molecule has 1 N–H and O–H groups in total. The van der Waals surface area contributed by atoms with Crippen LogP contribution in [0.1, 0.15) is 46.5 Å². The van der Waals surface area contributed by atoms with Crippen LogP contribution in [0.25, 0.3) is 0 Å². The van der Waals surface area contributed by atoms with Gasteiger partial charge in [0.2, 0.25) is 0 Å². The van der Waals surface area contributed by atoms with Crippen LogP contribution in [-0.4, -0.2) is 50.6 Å². The van der Waals surface area contributed by atoms with Crippen LogP contribution in [0.15, 0.2) is 0 Å². The summed E-state index contributed by atoms with van der Waals surface area (Å²) in [4.78, 5) is 11.9. The fraction of sp³-hybridized carbons (Fsp3) is 0.933. The number of methoxy groups -OCH3 is 1. The Balaban J connectivity index is 2.25. The molecule has 118 valence electrons. The molecule has 0 spiro atoms. The van der Waals surface area contributed by atoms with Crippen LogP contribution in [0.5, 0.6) is 0 Å². The molecule has 2 unspecified atom stereocenters. The van der Waals surface area contributed by atoms with E-state index >= 15 is 0 Å². The minimum atomic E-state index is -0.643. The Hall–Kier alpha value is -0.650. The Morgan fingerprint density at radius 3 is 2.80 bits per heavy atom. The van der Waals surface area contributed by atoms with E-state index in [0.717, 1.165) is 25.9 Å². The second kappa shape index (κ2) is 8.60. The van der Waals surface area contributed by atoms with Gasteiger partial charge in [-0.05, 0) is 46.5 Å². The zero-order valence-electron chi connectivity index (χ0n) is 13.2. The summed E-state index contributed by atoms with van der Waals surface area (Å²) in [5.41, 5.74) is -0.643. The first-order valence-corrected chi connectivity index (χ1v) is 7.53. The minimum absolute atomic E-state index is 0.217. The van der Waals surface area contributed by atoms with Gasteiger partial charge in [-0.25, -0.2) is 0 Å². The van der Waals surface area contributed by atoms with Crippen LogP contribution < -0.4 is 5.32 Å². The molecule has 0 aromatic carbocycles. The van der Waals surface area contributed by atoms with Crippen molar-refractivity contribution in [1.29, 1.82) is 0 Å². The van der Waals surface area contributed by atoms with E-state index in [9.17, 15) is 4.79 Å². The van der Waals surface area contributed by atoms with E-state index in [1.54, 1.807) is 0 Å². The normalized spacial score (nSPS) is 21.9. The van der Waals surface area contributed by atoms with Gasteiger partial charge >= 0.3 is 5.97 Å². The van der Waals surface area contributed by atoms with Crippen molar-refractivity contribution >= 4 is 5.97 Å². The average Bonchev–Trinajstić information content (AvgIpc) is 2.89. The summed E-state index contributed by atoms with van der Waals surface area (Å²) in [5, 5.41) is 3.28. The lowest BCUT2D eigenvalue weighted by Crippen LogP contribution is -2.53. The molecule has 5 heteroatoms. The molecule has 5 nitrogen and oxygen atoms in total. The van der Waals surface area contributed by atoms with Gasteiger partial charge in [-0.2, -0.15) is 0 Å². The van der Waals surface area contributed by atoms with Crippen LogP contribution in [-0.2, 0) is 19.0 Å². The summed E-state index contributed by atoms with van der Waals surface area (Å²) in [6.45, 7) is 8.09. The van der Waals surface area contributed by atoms with Gasteiger partial charge in [-0.1, -0.05) is 0 Å². The quantitative estimate of drug-likeness (QED) is 0.518. The standard InChI is InChI=1S/C15H29NO4/c1-12(2)16-15(3,14(17)18-4)8-6-9-19-11-13-7-5-10-20-13/h12-13,16H,5-11H2,1-4H3. The molecule has 1 fully saturated rings. The molecule has 0 saturated carbocycles. The van der Waals surface area contributed by atoms with E-state index in [4.69, 9.17) is 14.2 Å². The number of ether oxygens (including phenoxy) is 3. The predicted molar refractivity (Wildman–Crippen MR) is 77.7 cm³/mol. The van der Waals surface area contributed by atoms with Crippen LogP contribution in [0.3, 0.4) is 0 Å². The Morgan fingerprint density at radius 2 is 2.25 bits per heavy atom. The Morgan fingerprint density at radius 1 is 1.50 bits per heavy atom. The number of esters is 1. The zero-order chi connectivity index (χ0) is 15.0. The molecule has 1 aliphatic heterocycles. The van der Waals surface area contributed by atoms with Gasteiger partial charge in [-0.3, -0.25) is 10.1 Å². The number of nitrogens with one attached hydrogen (secondary N) is 1. The number of carbonyl (C=O) groups excluding carboxylic acids is 1. The second-order valence-electron chi connectivity index (χ2n) is 5.94. The van der Waals surface area contributed by atoms with Crippen molar-refractivity contribution in [2.75, 3.05) is 26.9 Å². The molecule has 2 atom stereocenters. The van der Waals surface area contributed by atoms with Crippen LogP contribution in [0.4, 0.5) is 0 Å². The second-order valence-corrected chi connectivity index (χ2v) is 5.94. The van der Waals surface area contributed by atoms with Gasteiger partial charge in [0.1, 0.15) is 5.54 Å². The van der Waals surface area contributed by atoms with Gasteiger partial charge in [0.25, 0.3) is 0 Å². The number of rotatable bonds is 9. The van der Waals surface area contributed by atoms with E-state index in [-0.39, 0.29) is 18.1 Å². The maximum absolute atomic E-state index is 11.9. The van der Waals surface area contributed by atoms with Crippen LogP contribution >= 0.6 is 0 Å². The summed E-state index contributed by atoms with van der Waals surface area (Å²) in [6, 6.07) is 0.229. The highest BCUT2D eigenvalue weighted by Gasteiger charge is 2.34. The van der Waals surface area contributed by atoms with E-state index < -0.39 is 5.54 Å². The highest BCUT2D eigenvalue weighted by molar-refractivity contribution is 5.80. The number of hydrogen-bond acceptors (Lipinski definition) is 5. The maximum atomic E-state index is 11.9. The van der Waals surface area contributed by atoms with Crippen molar-refractivity contribution in [3.63, 3.8) is 0 Å². The fourth-order valence-electron chi connectivity index (χ4n) is 2.61. The Labute approximate surface area is 122 Å². The lowest BCUT2D eigenvalue weighted by Gasteiger charge is -2.30. The van der Waals surface area contributed by atoms with Crippen molar-refractivity contribution in [2.24, 2.45) is 0 Å². The number of hydrogen-bond donors (Lipinski definition) is 1. The van der Waals surface area contributed by atoms with Crippen molar-refractivity contribution in [3.05, 3.63) is 0 Å². The molecule has 20 heavy (non-hydrogen) atoms. The number of carbonyl (C=O) groups is 1. The first kappa shape index (κ1) is 17.4. The molecule has 1 rings (SSSR count). The third-order valence-corrected chi connectivity index (χ3v) is 3.54. The van der Waals surface area contributed by atoms with Crippen molar-refractivity contribution < 1.29 is 19.0 Å². The largest absolute Gasteiger partial charge is 0.468 e. The van der Waals surface area contributed by atoms with Crippen molar-refractivity contribution in [3.8, 4) is 0 Å². The smallest absolute Gasteiger partial charge is 0.325 e. The van der Waals surface area contributed by atoms with Gasteiger partial charge in [-0.15, -0.1) is 0 Å². The van der Waals surface area contributed by atoms with E-state index in [0.29, 0.717) is 19.6 Å². The summed E-state index contributed by atoms with van der Waals surface area (Å²) >= 11 is 0. The molecule has 0 aromatic rings. The zero-order valence-corrected chi connectivity index (χ0v) is 13.2. The molecule has 0 amide bonds. The molecule has 1 saturated heterocycles. The fourth-order valence-corrected chi connectivity index (χ4v) is 2.61. The molecular weight excluding hydrogens is 258 g/mol. The third kappa shape index (κ3) is 5.77. The summed E-state index contributed by atoms with van der Waals surface area (Å²) in [6.07, 6.45) is 4.00. The third-order valence-electron chi connectivity index (χ3n) is 3.54. The topological polar surface area (TPSA) is 56.8 Å². The average molecular weight is 287 g/mol. The molecule has 0 aromatic heterocycles. The SMILES string of the molecule is COC(=O)C(C)(CCCOCC1CCCO1)NC(C)C. The first-order chi connectivity index (χ1) is 9.48. The summed E-state index contributed by atoms with van der Waals surface area (Å²) in [5.74, 6) is -0.217. The van der Waals surface area contributed by atoms with Gasteiger partial charge in [0.15, 0.2) is 0 Å². The summed E-state index contributed by atoms with van der Waals surface area (Å²) < 4.78 is 16.0. The molecule has 1 aliphatic rings. The molecular formula is C15H29NO4. The minimum Gasteiger partial charge on any atom is -0.468 e. The van der Waals surface area contributed by atoms with E-state index in [1.807, 2.05) is 20.8 Å². The molecule has 1 heterocycles. The maximum Gasteiger partial charge on any atom is 0.325 e. The van der Waals surface area contributed by atoms with E-state index in [1.165, 1.54) is 7.11 Å². The van der Waals surface area contributed by atoms with E-state index in [2.05, 4.69) is 5.32 Å². The lowest BCUT2D eigenvalue weighted by molar-refractivity contribution is -0.148. The van der Waals surface area contributed by atoms with Gasteiger partial charge in [0, 0.05) is 19.3 Å². The highest BCUT2D eigenvalue weighted by Crippen LogP contribution is 2.16. The summed E-state index contributed by atoms with van der Waals surface area (Å²) in [7, 11) is 1.43. The van der Waals surface area contributed by atoms with Gasteiger partial charge < -0.3 is 14.2 Å². The highest BCUT2D eigenvalue weighted by atomic mass is 16.5. The lowest BCUT2D eigenvalue weighted by atomic mass is 9.95. The van der Waals surface area contributed by atoms with Crippen LogP contribution in [0.2, 0.25) is 0 Å². The van der Waals surface area contributed by atoms with Gasteiger partial charge in [0.05, 0.1) is 19.8 Å².